The fourth-order valence-electron chi connectivity index (χ4n) is 3.35. The molecule has 0 atom stereocenters. The van der Waals surface area contributed by atoms with Gasteiger partial charge in [-0.3, -0.25) is 10.1 Å². The number of fused-ring (bicyclic) bond motifs is 1. The van der Waals surface area contributed by atoms with Crippen LogP contribution in [0.5, 0.6) is 5.75 Å². The first-order chi connectivity index (χ1) is 15.5. The van der Waals surface area contributed by atoms with E-state index in [1.165, 1.54) is 39.9 Å². The number of ether oxygens (including phenoxy) is 1. The molecule has 0 saturated carbocycles. The van der Waals surface area contributed by atoms with E-state index in [2.05, 4.69) is 10.3 Å². The van der Waals surface area contributed by atoms with Crippen molar-refractivity contribution in [2.75, 3.05) is 25.5 Å². The summed E-state index contributed by atoms with van der Waals surface area (Å²) < 4.78 is 33.9. The third kappa shape index (κ3) is 5.84. The third-order valence-corrected chi connectivity index (χ3v) is 8.07. The van der Waals surface area contributed by atoms with Gasteiger partial charge in [0.25, 0.3) is 5.91 Å². The molecule has 0 radical (unpaired) electrons. The molecule has 33 heavy (non-hydrogen) atoms. The number of hydrogen-bond donors (Lipinski definition) is 1. The van der Waals surface area contributed by atoms with Crippen LogP contribution in [0, 0.1) is 11.8 Å². The molecule has 0 fully saturated rings. The van der Waals surface area contributed by atoms with Crippen molar-refractivity contribution in [3.8, 4) is 5.75 Å². The second-order valence-corrected chi connectivity index (χ2v) is 11.9. The number of carbonyl (C=O) groups excluding carboxylic acids is 1. The zero-order chi connectivity index (χ0) is 24.3. The molecule has 178 valence electrons. The first-order valence-corrected chi connectivity index (χ1v) is 13.2. The number of methoxy groups -OCH3 is 1. The standard InChI is InChI=1S/C23H28ClN3O4S2/c1-14(2)12-27(13-15(3)4)33(29,30)17-8-6-16(7-9-17)22(28)26-23-25-20-19(31-5)11-10-18(24)21(20)32-23/h6-11,14-15H,12-13H2,1-5H3,(H,25,26,28). The van der Waals surface area contributed by atoms with Gasteiger partial charge in [-0.05, 0) is 48.2 Å². The number of aromatic nitrogens is 1. The Morgan fingerprint density at radius 2 is 1.70 bits per heavy atom. The number of amides is 1. The van der Waals surface area contributed by atoms with Crippen molar-refractivity contribution >= 4 is 54.2 Å². The number of nitrogens with zero attached hydrogens (tertiary/aromatic N) is 2. The Hall–Kier alpha value is -2.20. The summed E-state index contributed by atoms with van der Waals surface area (Å²) >= 11 is 7.48. The van der Waals surface area contributed by atoms with E-state index in [9.17, 15) is 13.2 Å². The van der Waals surface area contributed by atoms with Gasteiger partial charge in [0.05, 0.1) is 21.7 Å². The lowest BCUT2D eigenvalue weighted by Crippen LogP contribution is -2.37. The maximum Gasteiger partial charge on any atom is 0.257 e. The van der Waals surface area contributed by atoms with Crippen LogP contribution in [0.1, 0.15) is 38.1 Å². The predicted octanol–water partition coefficient (Wildman–Crippen LogP) is 5.51. The average molecular weight is 510 g/mol. The van der Waals surface area contributed by atoms with Gasteiger partial charge < -0.3 is 4.74 Å². The minimum absolute atomic E-state index is 0.164. The molecule has 0 unspecified atom stereocenters. The summed E-state index contributed by atoms with van der Waals surface area (Å²) in [5.74, 6) is 0.566. The molecule has 0 spiro atoms. The number of thiazole rings is 1. The van der Waals surface area contributed by atoms with Crippen LogP contribution in [-0.4, -0.2) is 43.8 Å². The molecular formula is C23H28ClN3O4S2. The van der Waals surface area contributed by atoms with E-state index in [1.54, 1.807) is 19.2 Å². The van der Waals surface area contributed by atoms with Crippen molar-refractivity contribution in [1.82, 2.24) is 9.29 Å². The highest BCUT2D eigenvalue weighted by Gasteiger charge is 2.26. The van der Waals surface area contributed by atoms with Crippen molar-refractivity contribution in [2.24, 2.45) is 11.8 Å². The highest BCUT2D eigenvalue weighted by molar-refractivity contribution is 7.89. The van der Waals surface area contributed by atoms with Gasteiger partial charge in [0.2, 0.25) is 10.0 Å². The summed E-state index contributed by atoms with van der Waals surface area (Å²) in [6.45, 7) is 8.82. The van der Waals surface area contributed by atoms with Crippen molar-refractivity contribution < 1.29 is 17.9 Å². The monoisotopic (exact) mass is 509 g/mol. The molecule has 1 N–H and O–H groups in total. The van der Waals surface area contributed by atoms with Crippen LogP contribution in [0.15, 0.2) is 41.3 Å². The maximum absolute atomic E-state index is 13.2. The molecule has 10 heteroatoms. The predicted molar refractivity (Wildman–Crippen MR) is 134 cm³/mol. The lowest BCUT2D eigenvalue weighted by molar-refractivity contribution is 0.102. The molecule has 0 saturated heterocycles. The van der Waals surface area contributed by atoms with E-state index < -0.39 is 15.9 Å². The Kier molecular flexibility index (Phi) is 8.00. The van der Waals surface area contributed by atoms with E-state index >= 15 is 0 Å². The van der Waals surface area contributed by atoms with Gasteiger partial charge in [0.1, 0.15) is 11.3 Å². The van der Waals surface area contributed by atoms with Crippen LogP contribution in [0.3, 0.4) is 0 Å². The smallest absolute Gasteiger partial charge is 0.257 e. The summed E-state index contributed by atoms with van der Waals surface area (Å²) in [4.78, 5) is 17.3. The summed E-state index contributed by atoms with van der Waals surface area (Å²) in [7, 11) is -2.12. The first kappa shape index (κ1) is 25.4. The number of benzene rings is 2. The van der Waals surface area contributed by atoms with Crippen LogP contribution in [0.2, 0.25) is 5.02 Å². The summed E-state index contributed by atoms with van der Waals surface area (Å²) in [5, 5.41) is 3.65. The number of halogens is 1. The molecule has 0 aliphatic heterocycles. The minimum Gasteiger partial charge on any atom is -0.494 e. The van der Waals surface area contributed by atoms with Crippen molar-refractivity contribution in [3.63, 3.8) is 0 Å². The van der Waals surface area contributed by atoms with Gasteiger partial charge in [0, 0.05) is 18.7 Å². The van der Waals surface area contributed by atoms with E-state index in [4.69, 9.17) is 16.3 Å². The van der Waals surface area contributed by atoms with Crippen LogP contribution in [0.4, 0.5) is 5.13 Å². The maximum atomic E-state index is 13.2. The molecule has 1 aromatic heterocycles. The van der Waals surface area contributed by atoms with Gasteiger partial charge in [-0.25, -0.2) is 13.4 Å². The van der Waals surface area contributed by atoms with Gasteiger partial charge in [0.15, 0.2) is 5.13 Å². The number of anilines is 1. The van der Waals surface area contributed by atoms with Crippen molar-refractivity contribution in [3.05, 3.63) is 47.0 Å². The Morgan fingerprint density at radius 3 is 2.24 bits per heavy atom. The molecule has 3 rings (SSSR count). The number of hydrogen-bond acceptors (Lipinski definition) is 6. The van der Waals surface area contributed by atoms with Gasteiger partial charge >= 0.3 is 0 Å². The van der Waals surface area contributed by atoms with Gasteiger partial charge in [-0.15, -0.1) is 0 Å². The zero-order valence-corrected chi connectivity index (χ0v) is 21.6. The molecule has 0 bridgehead atoms. The minimum atomic E-state index is -3.66. The lowest BCUT2D eigenvalue weighted by atomic mass is 10.2. The summed E-state index contributed by atoms with van der Waals surface area (Å²) in [6.07, 6.45) is 0. The van der Waals surface area contributed by atoms with Crippen molar-refractivity contribution in [1.29, 1.82) is 0 Å². The Labute approximate surface area is 203 Å². The Bertz CT molecular complexity index is 1230. The second-order valence-electron chi connectivity index (χ2n) is 8.53. The van der Waals surface area contributed by atoms with Gasteiger partial charge in [-0.1, -0.05) is 50.6 Å². The molecule has 1 amide bonds. The summed E-state index contributed by atoms with van der Waals surface area (Å²) in [5.41, 5.74) is 0.896. The average Bonchev–Trinajstić information content (AvgIpc) is 3.17. The molecule has 3 aromatic rings. The van der Waals surface area contributed by atoms with Crippen LogP contribution < -0.4 is 10.1 Å². The second kappa shape index (κ2) is 10.4. The Balaban J connectivity index is 1.81. The quantitative estimate of drug-likeness (QED) is 0.410. The van der Waals surface area contributed by atoms with E-state index in [-0.39, 0.29) is 16.7 Å². The van der Waals surface area contributed by atoms with E-state index in [0.29, 0.717) is 44.8 Å². The Morgan fingerprint density at radius 1 is 1.09 bits per heavy atom. The zero-order valence-electron chi connectivity index (χ0n) is 19.3. The SMILES string of the molecule is COc1ccc(Cl)c2sc(NC(=O)c3ccc(S(=O)(=O)N(CC(C)C)CC(C)C)cc3)nc12. The largest absolute Gasteiger partial charge is 0.494 e. The fourth-order valence-corrected chi connectivity index (χ4v) is 6.27. The van der Waals surface area contributed by atoms with Crippen molar-refractivity contribution in [2.45, 2.75) is 32.6 Å². The summed E-state index contributed by atoms with van der Waals surface area (Å²) in [6, 6.07) is 9.38. The van der Waals surface area contributed by atoms with Gasteiger partial charge in [-0.2, -0.15) is 4.31 Å². The normalized spacial score (nSPS) is 12.2. The van der Waals surface area contributed by atoms with Crippen LogP contribution in [-0.2, 0) is 10.0 Å². The fraction of sp³-hybridized carbons (Fsp3) is 0.391. The highest BCUT2D eigenvalue weighted by atomic mass is 35.5. The van der Waals surface area contributed by atoms with Crippen LogP contribution >= 0.6 is 22.9 Å². The van der Waals surface area contributed by atoms with E-state index in [1.807, 2.05) is 27.7 Å². The highest BCUT2D eigenvalue weighted by Crippen LogP contribution is 2.37. The number of carbonyl (C=O) groups is 1. The number of rotatable bonds is 9. The number of nitrogens with one attached hydrogen (secondary N) is 1. The molecule has 2 aromatic carbocycles. The van der Waals surface area contributed by atoms with Crippen LogP contribution in [0.25, 0.3) is 10.2 Å². The topological polar surface area (TPSA) is 88.6 Å². The molecule has 0 aliphatic rings. The molecule has 1 heterocycles. The van der Waals surface area contributed by atoms with E-state index in [0.717, 1.165) is 0 Å². The number of sulfonamides is 1. The lowest BCUT2D eigenvalue weighted by Gasteiger charge is -2.25. The molecular weight excluding hydrogens is 482 g/mol. The third-order valence-electron chi connectivity index (χ3n) is 4.79. The molecule has 0 aliphatic carbocycles. The molecule has 7 nitrogen and oxygen atoms in total. The first-order valence-electron chi connectivity index (χ1n) is 10.6.